The summed E-state index contributed by atoms with van der Waals surface area (Å²) in [7, 11) is 2.42. The van der Waals surface area contributed by atoms with Gasteiger partial charge in [-0.05, 0) is 0 Å². The first-order valence-corrected chi connectivity index (χ1v) is 6.26. The lowest BCUT2D eigenvalue weighted by Crippen LogP contribution is -1.99. The quantitative estimate of drug-likeness (QED) is 0.570. The molecule has 2 rings (SSSR count). The van der Waals surface area contributed by atoms with Gasteiger partial charge in [0, 0.05) is 11.1 Å². The highest BCUT2D eigenvalue weighted by Gasteiger charge is 2.06. The molecule has 0 aliphatic carbocycles. The number of carbonyl (C=O) groups is 1. The second kappa shape index (κ2) is 6.92. The molecule has 0 aliphatic rings. The fourth-order valence-electron chi connectivity index (χ4n) is 1.35. The predicted molar refractivity (Wildman–Crippen MR) is 72.0 cm³/mol. The monoisotopic (exact) mass is 230 g/mol. The average Bonchev–Trinajstić information content (AvgIpc) is 2.42. The molecule has 0 saturated carbocycles. The summed E-state index contributed by atoms with van der Waals surface area (Å²) < 4.78 is 0. The number of rotatable bonds is 2. The first-order chi connectivity index (χ1) is 7.88. The lowest BCUT2D eigenvalue weighted by Gasteiger charge is -1.99. The van der Waals surface area contributed by atoms with Gasteiger partial charge in [0.15, 0.2) is 5.78 Å². The molecule has 0 aromatic heterocycles. The van der Waals surface area contributed by atoms with Crippen LogP contribution in [-0.4, -0.2) is 12.4 Å². The zero-order valence-electron chi connectivity index (χ0n) is 9.26. The Kier molecular flexibility index (Phi) is 5.45. The van der Waals surface area contributed by atoms with Crippen LogP contribution in [0.1, 0.15) is 15.9 Å². The van der Waals surface area contributed by atoms with Crippen LogP contribution in [0.2, 0.25) is 0 Å². The number of benzene rings is 2. The smallest absolute Gasteiger partial charge is 0.193 e. The van der Waals surface area contributed by atoms with E-state index in [2.05, 4.69) is 9.24 Å². The van der Waals surface area contributed by atoms with Crippen molar-refractivity contribution in [2.75, 3.05) is 6.66 Å². The van der Waals surface area contributed by atoms with Crippen molar-refractivity contribution >= 4 is 15.0 Å². The first kappa shape index (κ1) is 12.6. The molecule has 0 bridgehead atoms. The van der Waals surface area contributed by atoms with Crippen molar-refractivity contribution in [1.29, 1.82) is 0 Å². The van der Waals surface area contributed by atoms with Crippen LogP contribution in [0.3, 0.4) is 0 Å². The number of hydrogen-bond donors (Lipinski definition) is 0. The maximum atomic E-state index is 11.8. The van der Waals surface area contributed by atoms with E-state index < -0.39 is 0 Å². The Hall–Kier alpha value is -1.46. The summed E-state index contributed by atoms with van der Waals surface area (Å²) in [5.41, 5.74) is 1.47. The van der Waals surface area contributed by atoms with E-state index in [9.17, 15) is 4.79 Å². The molecule has 1 nitrogen and oxygen atoms in total. The van der Waals surface area contributed by atoms with Gasteiger partial charge in [-0.15, -0.1) is 9.24 Å². The standard InChI is InChI=1S/C13H10O.CH5P/c14-13(11-7-3-1-4-8-11)12-9-5-2-6-10-12;1-2/h1-10H;2H2,1H3. The summed E-state index contributed by atoms with van der Waals surface area (Å²) in [5.74, 6) is 0.0752. The summed E-state index contributed by atoms with van der Waals surface area (Å²) in [6.45, 7) is 1.92. The van der Waals surface area contributed by atoms with Gasteiger partial charge in [-0.1, -0.05) is 67.3 Å². The third-order valence-corrected chi connectivity index (χ3v) is 2.07. The van der Waals surface area contributed by atoms with Gasteiger partial charge in [0.05, 0.1) is 0 Å². The normalized spacial score (nSPS) is 8.88. The summed E-state index contributed by atoms with van der Waals surface area (Å²) >= 11 is 0. The Labute approximate surface area is 98.7 Å². The van der Waals surface area contributed by atoms with Gasteiger partial charge in [-0.25, -0.2) is 0 Å². The molecule has 16 heavy (non-hydrogen) atoms. The molecule has 2 aromatic carbocycles. The second-order valence-corrected chi connectivity index (χ2v) is 3.06. The second-order valence-electron chi connectivity index (χ2n) is 3.06. The molecule has 0 saturated heterocycles. The van der Waals surface area contributed by atoms with Gasteiger partial charge in [0.2, 0.25) is 0 Å². The van der Waals surface area contributed by atoms with Crippen molar-refractivity contribution in [3.8, 4) is 0 Å². The average molecular weight is 230 g/mol. The third kappa shape index (κ3) is 3.29. The summed E-state index contributed by atoms with van der Waals surface area (Å²) in [6, 6.07) is 18.6. The van der Waals surface area contributed by atoms with Gasteiger partial charge in [0.25, 0.3) is 0 Å². The minimum absolute atomic E-state index is 0.0752. The van der Waals surface area contributed by atoms with Crippen molar-refractivity contribution in [2.24, 2.45) is 0 Å². The van der Waals surface area contributed by atoms with Crippen LogP contribution in [0, 0.1) is 0 Å². The fourth-order valence-corrected chi connectivity index (χ4v) is 1.35. The van der Waals surface area contributed by atoms with Crippen LogP contribution in [-0.2, 0) is 0 Å². The largest absolute Gasteiger partial charge is 0.289 e. The van der Waals surface area contributed by atoms with E-state index in [1.807, 2.05) is 67.3 Å². The molecule has 1 unspecified atom stereocenters. The molecule has 0 N–H and O–H groups in total. The van der Waals surface area contributed by atoms with E-state index in [4.69, 9.17) is 0 Å². The van der Waals surface area contributed by atoms with Gasteiger partial charge >= 0.3 is 0 Å². The SMILES string of the molecule is CP.O=C(c1ccccc1)c1ccccc1. The highest BCUT2D eigenvalue weighted by molar-refractivity contribution is 7.15. The molecule has 1 atom stereocenters. The van der Waals surface area contributed by atoms with E-state index in [1.54, 1.807) is 0 Å². The fraction of sp³-hybridized carbons (Fsp3) is 0.0714. The zero-order valence-corrected chi connectivity index (χ0v) is 10.4. The lowest BCUT2D eigenvalue weighted by molar-refractivity contribution is 0.103. The third-order valence-electron chi connectivity index (χ3n) is 2.07. The predicted octanol–water partition coefficient (Wildman–Crippen LogP) is 3.41. The maximum Gasteiger partial charge on any atom is 0.193 e. The van der Waals surface area contributed by atoms with Crippen molar-refractivity contribution in [1.82, 2.24) is 0 Å². The maximum absolute atomic E-state index is 11.8. The van der Waals surface area contributed by atoms with Crippen molar-refractivity contribution in [3.05, 3.63) is 71.8 Å². The zero-order chi connectivity index (χ0) is 11.8. The van der Waals surface area contributed by atoms with Gasteiger partial charge in [0.1, 0.15) is 0 Å². The van der Waals surface area contributed by atoms with Crippen molar-refractivity contribution in [2.45, 2.75) is 0 Å². The molecule has 0 amide bonds. The summed E-state index contributed by atoms with van der Waals surface area (Å²) in [6.07, 6.45) is 0. The Balaban J connectivity index is 0.000000606. The molecule has 0 radical (unpaired) electrons. The number of ketones is 1. The molecule has 0 heterocycles. The van der Waals surface area contributed by atoms with Crippen LogP contribution in [0.5, 0.6) is 0 Å². The summed E-state index contributed by atoms with van der Waals surface area (Å²) in [5, 5.41) is 0. The van der Waals surface area contributed by atoms with Crippen molar-refractivity contribution < 1.29 is 4.79 Å². The van der Waals surface area contributed by atoms with Gasteiger partial charge < -0.3 is 0 Å². The van der Waals surface area contributed by atoms with Gasteiger partial charge in [-0.3, -0.25) is 4.79 Å². The van der Waals surface area contributed by atoms with E-state index in [-0.39, 0.29) is 5.78 Å². The minimum Gasteiger partial charge on any atom is -0.289 e. The summed E-state index contributed by atoms with van der Waals surface area (Å²) in [4.78, 5) is 11.8. The Morgan fingerprint density at radius 1 is 0.750 bits per heavy atom. The first-order valence-electron chi connectivity index (χ1n) is 5.10. The lowest BCUT2D eigenvalue weighted by atomic mass is 10.0. The molecule has 2 aromatic rings. The molecule has 0 spiro atoms. The van der Waals surface area contributed by atoms with Crippen LogP contribution in [0.25, 0.3) is 0 Å². The van der Waals surface area contributed by atoms with Crippen LogP contribution < -0.4 is 0 Å². The van der Waals surface area contributed by atoms with E-state index >= 15 is 0 Å². The topological polar surface area (TPSA) is 17.1 Å². The number of carbonyl (C=O) groups excluding carboxylic acids is 1. The van der Waals surface area contributed by atoms with E-state index in [0.717, 1.165) is 11.1 Å². The molecule has 0 aliphatic heterocycles. The van der Waals surface area contributed by atoms with E-state index in [0.29, 0.717) is 0 Å². The van der Waals surface area contributed by atoms with E-state index in [1.165, 1.54) is 0 Å². The molecule has 0 fully saturated rings. The Morgan fingerprint density at radius 2 is 1.06 bits per heavy atom. The Bertz CT molecular complexity index is 382. The van der Waals surface area contributed by atoms with Crippen LogP contribution in [0.4, 0.5) is 0 Å². The molecular weight excluding hydrogens is 215 g/mol. The number of hydrogen-bond acceptors (Lipinski definition) is 1. The molecule has 2 heteroatoms. The van der Waals surface area contributed by atoms with Crippen LogP contribution >= 0.6 is 9.24 Å². The highest BCUT2D eigenvalue weighted by Crippen LogP contribution is 2.08. The van der Waals surface area contributed by atoms with Gasteiger partial charge in [-0.2, -0.15) is 0 Å². The van der Waals surface area contributed by atoms with Crippen molar-refractivity contribution in [3.63, 3.8) is 0 Å². The molecular formula is C14H15OP. The van der Waals surface area contributed by atoms with Crippen LogP contribution in [0.15, 0.2) is 60.7 Å². The minimum atomic E-state index is 0.0752. The highest BCUT2D eigenvalue weighted by atomic mass is 31.0. The Morgan fingerprint density at radius 3 is 1.38 bits per heavy atom. The molecule has 82 valence electrons.